The number of carboxylic acid groups (broad SMARTS) is 2. The van der Waals surface area contributed by atoms with E-state index in [4.69, 9.17) is 0 Å². The maximum absolute atomic E-state index is 12.5. The number of hydrogen-bond donors (Lipinski definition) is 4. The fraction of sp³-hybridized carbons (Fsp3) is 0.312. The Labute approximate surface area is 222 Å². The van der Waals surface area contributed by atoms with E-state index in [2.05, 4.69) is 0 Å². The van der Waals surface area contributed by atoms with Crippen molar-refractivity contribution in [1.29, 1.82) is 0 Å². The fourth-order valence-electron chi connectivity index (χ4n) is 5.60. The monoisotopic (exact) mass is 514 g/mol. The molecule has 0 fully saturated rings. The van der Waals surface area contributed by atoms with E-state index in [0.717, 1.165) is 0 Å². The predicted octanol–water partition coefficient (Wildman–Crippen LogP) is 7.50. The molecule has 0 heterocycles. The summed E-state index contributed by atoms with van der Waals surface area (Å²) in [4.78, 5) is 24.9. The highest BCUT2D eigenvalue weighted by Crippen LogP contribution is 2.53. The van der Waals surface area contributed by atoms with Gasteiger partial charge in [0.2, 0.25) is 0 Å². The minimum atomic E-state index is -1.07. The Bertz CT molecular complexity index is 1450. The van der Waals surface area contributed by atoms with Crippen molar-refractivity contribution in [1.82, 2.24) is 0 Å². The Morgan fingerprint density at radius 1 is 0.605 bits per heavy atom. The van der Waals surface area contributed by atoms with Gasteiger partial charge < -0.3 is 20.4 Å². The summed E-state index contributed by atoms with van der Waals surface area (Å²) in [6.07, 6.45) is 0. The molecule has 4 aromatic carbocycles. The second-order valence-electron chi connectivity index (χ2n) is 12.1. The molecule has 0 amide bonds. The average Bonchev–Trinajstić information content (AvgIpc) is 2.79. The number of aromatic hydroxyl groups is 2. The Balaban J connectivity index is 2.24. The summed E-state index contributed by atoms with van der Waals surface area (Å²) in [5.74, 6) is -4.71. The van der Waals surface area contributed by atoms with Crippen LogP contribution in [0.4, 0.5) is 0 Å². The predicted molar refractivity (Wildman–Crippen MR) is 150 cm³/mol. The molecule has 2 atom stereocenters. The molecule has 0 aliphatic carbocycles. The smallest absolute Gasteiger partial charge is 0.311 e. The quantitative estimate of drug-likeness (QED) is 0.219. The van der Waals surface area contributed by atoms with Crippen molar-refractivity contribution >= 4 is 33.5 Å². The molecule has 0 bridgehead atoms. The van der Waals surface area contributed by atoms with Crippen LogP contribution in [-0.4, -0.2) is 32.4 Å². The van der Waals surface area contributed by atoms with E-state index in [-0.39, 0.29) is 33.8 Å². The van der Waals surface area contributed by atoms with Crippen LogP contribution in [0.25, 0.3) is 32.7 Å². The normalized spacial score (nSPS) is 13.9. The van der Waals surface area contributed by atoms with E-state index in [0.29, 0.717) is 21.5 Å². The van der Waals surface area contributed by atoms with Gasteiger partial charge in [-0.15, -0.1) is 0 Å². The highest BCUT2D eigenvalue weighted by atomic mass is 16.4. The summed E-state index contributed by atoms with van der Waals surface area (Å²) in [5.41, 5.74) is -0.425. The minimum Gasteiger partial charge on any atom is -0.507 e. The number of rotatable bonds is 5. The van der Waals surface area contributed by atoms with Gasteiger partial charge in [-0.25, -0.2) is 0 Å². The third-order valence-electron chi connectivity index (χ3n) is 7.20. The molecule has 6 nitrogen and oxygen atoms in total. The summed E-state index contributed by atoms with van der Waals surface area (Å²) in [7, 11) is 0. The van der Waals surface area contributed by atoms with Crippen molar-refractivity contribution in [3.8, 4) is 22.6 Å². The maximum Gasteiger partial charge on any atom is 0.311 e. The van der Waals surface area contributed by atoms with Gasteiger partial charge in [0.05, 0.1) is 11.8 Å². The second-order valence-corrected chi connectivity index (χ2v) is 12.1. The highest BCUT2D eigenvalue weighted by Gasteiger charge is 2.38. The van der Waals surface area contributed by atoms with E-state index in [9.17, 15) is 30.0 Å². The van der Waals surface area contributed by atoms with E-state index in [1.54, 1.807) is 65.8 Å². The maximum atomic E-state index is 12.5. The molecule has 0 saturated carbocycles. The van der Waals surface area contributed by atoms with Crippen LogP contribution in [0.3, 0.4) is 0 Å². The van der Waals surface area contributed by atoms with Crippen LogP contribution in [0.15, 0.2) is 60.7 Å². The lowest BCUT2D eigenvalue weighted by atomic mass is 9.73. The van der Waals surface area contributed by atoms with Gasteiger partial charge in [-0.1, -0.05) is 90.1 Å². The first-order chi connectivity index (χ1) is 17.6. The molecule has 4 aromatic rings. The third kappa shape index (κ3) is 4.55. The number of carboxylic acids is 2. The van der Waals surface area contributed by atoms with Crippen LogP contribution in [0.1, 0.15) is 64.5 Å². The number of hydrogen-bond acceptors (Lipinski definition) is 4. The molecule has 0 saturated heterocycles. The van der Waals surface area contributed by atoms with Crippen molar-refractivity contribution in [2.24, 2.45) is 10.8 Å². The van der Waals surface area contributed by atoms with E-state index in [1.807, 2.05) is 36.4 Å². The molecule has 0 aliphatic rings. The third-order valence-corrected chi connectivity index (χ3v) is 7.20. The molecule has 0 unspecified atom stereocenters. The number of phenolic OH excluding ortho intramolecular Hbond substituents is 2. The lowest BCUT2D eigenvalue weighted by Gasteiger charge is -2.31. The summed E-state index contributed by atoms with van der Waals surface area (Å²) < 4.78 is 0. The first-order valence-electron chi connectivity index (χ1n) is 12.6. The Kier molecular flexibility index (Phi) is 6.64. The van der Waals surface area contributed by atoms with E-state index < -0.39 is 34.6 Å². The van der Waals surface area contributed by atoms with Gasteiger partial charge >= 0.3 is 11.9 Å². The van der Waals surface area contributed by atoms with E-state index >= 15 is 0 Å². The SMILES string of the molecule is CC(C)(C)[C@H](C(=O)O)c1cc2ccccc2c(-c2c(O)c([C@@H](C(=O)O)C(C)(C)C)cc3ccccc23)c1O. The first kappa shape index (κ1) is 27.0. The van der Waals surface area contributed by atoms with Crippen LogP contribution >= 0.6 is 0 Å². The van der Waals surface area contributed by atoms with Gasteiger partial charge in [0.1, 0.15) is 11.5 Å². The lowest BCUT2D eigenvalue weighted by molar-refractivity contribution is -0.142. The van der Waals surface area contributed by atoms with Crippen molar-refractivity contribution in [2.75, 3.05) is 0 Å². The average molecular weight is 515 g/mol. The molecule has 0 aromatic heterocycles. The first-order valence-corrected chi connectivity index (χ1v) is 12.6. The molecule has 4 rings (SSSR count). The van der Waals surface area contributed by atoms with Gasteiger partial charge in [-0.2, -0.15) is 0 Å². The van der Waals surface area contributed by atoms with Crippen LogP contribution in [0, 0.1) is 10.8 Å². The van der Waals surface area contributed by atoms with Crippen molar-refractivity contribution < 1.29 is 30.0 Å². The second kappa shape index (κ2) is 9.35. The number of carbonyl (C=O) groups is 2. The van der Waals surface area contributed by atoms with Gasteiger partial charge in [0.15, 0.2) is 0 Å². The molecule has 6 heteroatoms. The Hall–Kier alpha value is -4.06. The number of phenols is 2. The van der Waals surface area contributed by atoms with Crippen LogP contribution in [0.2, 0.25) is 0 Å². The van der Waals surface area contributed by atoms with Gasteiger partial charge in [-0.05, 0) is 44.5 Å². The van der Waals surface area contributed by atoms with Gasteiger partial charge in [0, 0.05) is 22.3 Å². The molecular formula is C32H34O6. The highest BCUT2D eigenvalue weighted by molar-refractivity contribution is 6.11. The van der Waals surface area contributed by atoms with E-state index in [1.165, 1.54) is 0 Å². The Morgan fingerprint density at radius 2 is 0.921 bits per heavy atom. The van der Waals surface area contributed by atoms with Gasteiger partial charge in [0.25, 0.3) is 0 Å². The lowest BCUT2D eigenvalue weighted by Crippen LogP contribution is -2.26. The standard InChI is InChI=1S/C32H34O6/c1-31(2,3)25(29(35)36)21-15-17-11-7-9-13-19(17)23(27(21)33)24-20-14-10-8-12-18(20)16-22(28(24)34)26(30(37)38)32(4,5)6/h7-16,25-26,33-34H,1-6H3,(H,35,36)(H,37,38)/t25-,26-/m0/s1. The summed E-state index contributed by atoms with van der Waals surface area (Å²) in [6, 6.07) is 17.9. The molecule has 38 heavy (non-hydrogen) atoms. The number of benzene rings is 4. The zero-order valence-corrected chi connectivity index (χ0v) is 22.5. The summed E-state index contributed by atoms with van der Waals surface area (Å²) >= 11 is 0. The largest absolute Gasteiger partial charge is 0.507 e. The number of fused-ring (bicyclic) bond motifs is 2. The summed E-state index contributed by atoms with van der Waals surface area (Å²) in [6.45, 7) is 10.8. The molecule has 4 N–H and O–H groups in total. The van der Waals surface area contributed by atoms with Crippen molar-refractivity contribution in [2.45, 2.75) is 53.4 Å². The molecular weight excluding hydrogens is 480 g/mol. The van der Waals surface area contributed by atoms with Crippen LogP contribution < -0.4 is 0 Å². The Morgan fingerprint density at radius 3 is 1.21 bits per heavy atom. The molecule has 0 aliphatic heterocycles. The van der Waals surface area contributed by atoms with Crippen molar-refractivity contribution in [3.63, 3.8) is 0 Å². The van der Waals surface area contributed by atoms with Crippen LogP contribution in [-0.2, 0) is 9.59 Å². The topological polar surface area (TPSA) is 115 Å². The minimum absolute atomic E-state index is 0.234. The summed E-state index contributed by atoms with van der Waals surface area (Å²) in [5, 5.41) is 46.6. The molecule has 198 valence electrons. The zero-order chi connectivity index (χ0) is 28.2. The van der Waals surface area contributed by atoms with Crippen molar-refractivity contribution in [3.05, 3.63) is 71.8 Å². The zero-order valence-electron chi connectivity index (χ0n) is 22.5. The van der Waals surface area contributed by atoms with Gasteiger partial charge in [-0.3, -0.25) is 9.59 Å². The molecule has 0 radical (unpaired) electrons. The number of aliphatic carboxylic acids is 2. The van der Waals surface area contributed by atoms with Crippen LogP contribution in [0.5, 0.6) is 11.5 Å². The fourth-order valence-corrected chi connectivity index (χ4v) is 5.60. The molecule has 0 spiro atoms.